The smallest absolute Gasteiger partial charge is 0.242 e. The molecule has 1 aromatic carbocycles. The van der Waals surface area contributed by atoms with Crippen molar-refractivity contribution >= 4 is 15.7 Å². The van der Waals surface area contributed by atoms with Gasteiger partial charge in [-0.25, -0.2) is 13.1 Å². The molecule has 4 aromatic rings. The van der Waals surface area contributed by atoms with Gasteiger partial charge in [0.1, 0.15) is 17.3 Å². The van der Waals surface area contributed by atoms with Crippen molar-refractivity contribution in [1.29, 1.82) is 0 Å². The number of nitrogens with one attached hydrogen (secondary N) is 1. The number of pyridine rings is 1. The van der Waals surface area contributed by atoms with Gasteiger partial charge in [-0.1, -0.05) is 0 Å². The lowest BCUT2D eigenvalue weighted by molar-refractivity contribution is 0.306. The third-order valence-corrected chi connectivity index (χ3v) is 5.62. The van der Waals surface area contributed by atoms with E-state index in [4.69, 9.17) is 9.47 Å². The van der Waals surface area contributed by atoms with Crippen LogP contribution in [0.5, 0.6) is 11.6 Å². The highest BCUT2D eigenvalue weighted by atomic mass is 32.2. The van der Waals surface area contributed by atoms with Crippen molar-refractivity contribution in [2.45, 2.75) is 4.90 Å². The molecule has 0 fully saturated rings. The average molecular weight is 426 g/mol. The highest BCUT2D eigenvalue weighted by Gasteiger charge is 2.14. The van der Waals surface area contributed by atoms with Gasteiger partial charge in [0, 0.05) is 30.6 Å². The molecule has 0 unspecified atom stereocenters. The van der Waals surface area contributed by atoms with Crippen LogP contribution in [0, 0.1) is 0 Å². The summed E-state index contributed by atoms with van der Waals surface area (Å²) in [6, 6.07) is 13.8. The predicted molar refractivity (Wildman–Crippen MR) is 108 cm³/mol. The van der Waals surface area contributed by atoms with E-state index in [2.05, 4.69) is 25.0 Å². The Morgan fingerprint density at radius 3 is 2.63 bits per heavy atom. The second kappa shape index (κ2) is 8.43. The Balaban J connectivity index is 1.43. The second-order valence-electron chi connectivity index (χ2n) is 6.13. The van der Waals surface area contributed by atoms with E-state index in [1.807, 2.05) is 24.3 Å². The lowest BCUT2D eigenvalue weighted by atomic mass is 10.2. The fourth-order valence-electron chi connectivity index (χ4n) is 2.69. The molecule has 0 bridgehead atoms. The van der Waals surface area contributed by atoms with Crippen molar-refractivity contribution in [2.24, 2.45) is 0 Å². The largest absolute Gasteiger partial charge is 0.497 e. The first-order chi connectivity index (χ1) is 14.6. The molecule has 154 valence electrons. The first-order valence-electron chi connectivity index (χ1n) is 8.96. The van der Waals surface area contributed by atoms with Gasteiger partial charge in [-0.3, -0.25) is 4.98 Å². The van der Waals surface area contributed by atoms with Gasteiger partial charge < -0.3 is 9.47 Å². The quantitative estimate of drug-likeness (QED) is 0.421. The summed E-state index contributed by atoms with van der Waals surface area (Å²) in [6.45, 7) is 0.169. The fraction of sp³-hybridized carbons (Fsp3) is 0.158. The molecule has 30 heavy (non-hydrogen) atoms. The minimum Gasteiger partial charge on any atom is -0.497 e. The highest BCUT2D eigenvalue weighted by molar-refractivity contribution is 7.89. The van der Waals surface area contributed by atoms with Crippen LogP contribution < -0.4 is 14.2 Å². The summed E-state index contributed by atoms with van der Waals surface area (Å²) in [5, 5.41) is 12.7. The molecule has 11 heteroatoms. The number of fused-ring (bicyclic) bond motifs is 1. The monoisotopic (exact) mass is 426 g/mol. The molecule has 0 spiro atoms. The number of sulfonamides is 1. The SMILES string of the molecule is COc1ccc(-c2nnc3ccc(OCCNS(=O)(=O)c4cccnc4)nn23)cc1. The minimum atomic E-state index is -3.64. The lowest BCUT2D eigenvalue weighted by Gasteiger charge is -2.08. The van der Waals surface area contributed by atoms with Gasteiger partial charge in [0.2, 0.25) is 15.9 Å². The minimum absolute atomic E-state index is 0.0739. The van der Waals surface area contributed by atoms with E-state index < -0.39 is 10.0 Å². The molecular weight excluding hydrogens is 408 g/mol. The van der Waals surface area contributed by atoms with Crippen LogP contribution in [0.2, 0.25) is 0 Å². The van der Waals surface area contributed by atoms with E-state index in [0.717, 1.165) is 11.3 Å². The Morgan fingerprint density at radius 2 is 1.90 bits per heavy atom. The Labute approximate surface area is 172 Å². The molecule has 0 atom stereocenters. The second-order valence-corrected chi connectivity index (χ2v) is 7.90. The Morgan fingerprint density at radius 1 is 1.07 bits per heavy atom. The number of rotatable bonds is 8. The molecule has 0 saturated heterocycles. The summed E-state index contributed by atoms with van der Waals surface area (Å²) in [5.41, 5.74) is 1.38. The van der Waals surface area contributed by atoms with Gasteiger partial charge in [0.05, 0.1) is 7.11 Å². The number of methoxy groups -OCH3 is 1. The van der Waals surface area contributed by atoms with Gasteiger partial charge in [-0.05, 0) is 42.5 Å². The highest BCUT2D eigenvalue weighted by Crippen LogP contribution is 2.21. The fourth-order valence-corrected chi connectivity index (χ4v) is 3.67. The number of ether oxygens (including phenoxy) is 2. The summed E-state index contributed by atoms with van der Waals surface area (Å²) in [4.78, 5) is 3.91. The number of aromatic nitrogens is 5. The van der Waals surface area contributed by atoms with E-state index in [0.29, 0.717) is 17.4 Å². The lowest BCUT2D eigenvalue weighted by Crippen LogP contribution is -2.28. The maximum absolute atomic E-state index is 12.2. The summed E-state index contributed by atoms with van der Waals surface area (Å²) < 4.78 is 39.1. The molecule has 10 nitrogen and oxygen atoms in total. The number of hydrogen-bond donors (Lipinski definition) is 1. The van der Waals surface area contributed by atoms with Gasteiger partial charge in [0.15, 0.2) is 11.5 Å². The third-order valence-electron chi connectivity index (χ3n) is 4.18. The first kappa shape index (κ1) is 19.7. The standard InChI is InChI=1S/C19H18N6O4S/c1-28-15-6-4-14(5-7-15)19-23-22-17-8-9-18(24-25(17)19)29-12-11-21-30(26,27)16-3-2-10-20-13-16/h2-10,13,21H,11-12H2,1H3. The topological polar surface area (TPSA) is 121 Å². The van der Waals surface area contributed by atoms with Crippen LogP contribution >= 0.6 is 0 Å². The molecule has 0 aliphatic carbocycles. The molecular formula is C19H18N6O4S. The molecule has 0 radical (unpaired) electrons. The van der Waals surface area contributed by atoms with Crippen LogP contribution in [0.3, 0.4) is 0 Å². The normalized spacial score (nSPS) is 11.5. The first-order valence-corrected chi connectivity index (χ1v) is 10.4. The van der Waals surface area contributed by atoms with Crippen LogP contribution in [-0.2, 0) is 10.0 Å². The van der Waals surface area contributed by atoms with Crippen molar-refractivity contribution in [3.63, 3.8) is 0 Å². The summed E-state index contributed by atoms with van der Waals surface area (Å²) in [6.07, 6.45) is 2.79. The van der Waals surface area contributed by atoms with E-state index in [9.17, 15) is 8.42 Å². The van der Waals surface area contributed by atoms with Crippen molar-refractivity contribution in [3.05, 3.63) is 60.9 Å². The Hall–Kier alpha value is -3.57. The van der Waals surface area contributed by atoms with Crippen molar-refractivity contribution in [3.8, 4) is 23.0 Å². The van der Waals surface area contributed by atoms with Crippen LogP contribution in [-0.4, -0.2) is 53.5 Å². The van der Waals surface area contributed by atoms with Gasteiger partial charge >= 0.3 is 0 Å². The van der Waals surface area contributed by atoms with Crippen molar-refractivity contribution in [1.82, 2.24) is 29.5 Å². The molecule has 4 rings (SSSR count). The molecule has 0 aliphatic rings. The maximum atomic E-state index is 12.2. The molecule has 3 aromatic heterocycles. The van der Waals surface area contributed by atoms with Crippen LogP contribution in [0.1, 0.15) is 0 Å². The number of benzene rings is 1. The molecule has 0 saturated carbocycles. The number of hydrogen-bond acceptors (Lipinski definition) is 8. The van der Waals surface area contributed by atoms with E-state index in [-0.39, 0.29) is 18.0 Å². The van der Waals surface area contributed by atoms with Gasteiger partial charge in [-0.2, -0.15) is 4.52 Å². The Kier molecular flexibility index (Phi) is 5.55. The van der Waals surface area contributed by atoms with Crippen LogP contribution in [0.25, 0.3) is 17.0 Å². The van der Waals surface area contributed by atoms with E-state index in [1.54, 1.807) is 29.8 Å². The van der Waals surface area contributed by atoms with Gasteiger partial charge in [-0.15, -0.1) is 15.3 Å². The summed E-state index contributed by atoms with van der Waals surface area (Å²) >= 11 is 0. The molecule has 0 aliphatic heterocycles. The molecule has 1 N–H and O–H groups in total. The third kappa shape index (κ3) is 4.21. The van der Waals surface area contributed by atoms with Crippen molar-refractivity contribution < 1.29 is 17.9 Å². The van der Waals surface area contributed by atoms with Crippen molar-refractivity contribution in [2.75, 3.05) is 20.3 Å². The zero-order chi connectivity index (χ0) is 21.0. The number of nitrogens with zero attached hydrogens (tertiary/aromatic N) is 5. The van der Waals surface area contributed by atoms with Crippen LogP contribution in [0.15, 0.2) is 65.8 Å². The predicted octanol–water partition coefficient (Wildman–Crippen LogP) is 1.55. The molecule has 0 amide bonds. The van der Waals surface area contributed by atoms with E-state index in [1.165, 1.54) is 18.5 Å². The molecule has 3 heterocycles. The van der Waals surface area contributed by atoms with Crippen LogP contribution in [0.4, 0.5) is 0 Å². The van der Waals surface area contributed by atoms with E-state index >= 15 is 0 Å². The summed E-state index contributed by atoms with van der Waals surface area (Å²) in [5.74, 6) is 1.60. The summed E-state index contributed by atoms with van der Waals surface area (Å²) in [7, 11) is -2.04. The zero-order valence-corrected chi connectivity index (χ0v) is 16.8. The zero-order valence-electron chi connectivity index (χ0n) is 16.0. The average Bonchev–Trinajstić information content (AvgIpc) is 3.21. The maximum Gasteiger partial charge on any atom is 0.242 e. The van der Waals surface area contributed by atoms with Gasteiger partial charge in [0.25, 0.3) is 0 Å². The Bertz CT molecular complexity index is 1240.